The fourth-order valence-corrected chi connectivity index (χ4v) is 6.50. The molecule has 1 aromatic heterocycles. The van der Waals surface area contributed by atoms with Gasteiger partial charge in [-0.15, -0.1) is 0 Å². The van der Waals surface area contributed by atoms with Gasteiger partial charge in [-0.2, -0.15) is 0 Å². The molecule has 5 nitrogen and oxygen atoms in total. The summed E-state index contributed by atoms with van der Waals surface area (Å²) >= 11 is 0. The second kappa shape index (κ2) is 8.14. The van der Waals surface area contributed by atoms with Crippen molar-refractivity contribution < 1.29 is 4.79 Å². The van der Waals surface area contributed by atoms with Gasteiger partial charge < -0.3 is 9.47 Å². The summed E-state index contributed by atoms with van der Waals surface area (Å²) in [5.74, 6) is 1.09. The van der Waals surface area contributed by atoms with Crippen molar-refractivity contribution in [2.24, 2.45) is 5.92 Å². The van der Waals surface area contributed by atoms with Crippen LogP contribution >= 0.6 is 0 Å². The summed E-state index contributed by atoms with van der Waals surface area (Å²) in [5, 5.41) is 2.47. The van der Waals surface area contributed by atoms with Crippen molar-refractivity contribution >= 4 is 16.7 Å². The average molecular weight is 442 g/mol. The van der Waals surface area contributed by atoms with Gasteiger partial charge in [0.05, 0.1) is 0 Å². The molecule has 2 saturated heterocycles. The summed E-state index contributed by atoms with van der Waals surface area (Å²) in [6, 6.07) is 19.4. The number of likely N-dealkylation sites (tertiary alicyclic amines) is 2. The van der Waals surface area contributed by atoms with Gasteiger partial charge in [-0.3, -0.25) is 14.5 Å². The zero-order chi connectivity index (χ0) is 22.5. The summed E-state index contributed by atoms with van der Waals surface area (Å²) in [4.78, 5) is 29.3. The van der Waals surface area contributed by atoms with E-state index < -0.39 is 0 Å². The molecule has 0 saturated carbocycles. The molecule has 3 aliphatic heterocycles. The Morgan fingerprint density at radius 3 is 2.48 bits per heavy atom. The number of carbonyl (C=O) groups is 1. The molecule has 2 aromatic carbocycles. The molecule has 6 rings (SSSR count). The van der Waals surface area contributed by atoms with Crippen molar-refractivity contribution in [2.45, 2.75) is 44.7 Å². The third-order valence-corrected chi connectivity index (χ3v) is 8.10. The smallest absolute Gasteiger partial charge is 0.250 e. The molecular weight excluding hydrogens is 410 g/mol. The van der Waals surface area contributed by atoms with Gasteiger partial charge in [-0.1, -0.05) is 36.4 Å². The Morgan fingerprint density at radius 1 is 0.909 bits per heavy atom. The van der Waals surface area contributed by atoms with Crippen LogP contribution < -0.4 is 5.56 Å². The molecule has 2 bridgehead atoms. The third-order valence-electron chi connectivity index (χ3n) is 8.10. The van der Waals surface area contributed by atoms with Gasteiger partial charge in [0.1, 0.15) is 0 Å². The maximum Gasteiger partial charge on any atom is 0.250 e. The lowest BCUT2D eigenvalue weighted by Crippen LogP contribution is -2.53. The molecule has 2 fully saturated rings. The number of aromatic nitrogens is 1. The molecular formula is C28H31N3O2. The van der Waals surface area contributed by atoms with E-state index in [0.29, 0.717) is 17.9 Å². The molecule has 3 aromatic rings. The van der Waals surface area contributed by atoms with Crippen molar-refractivity contribution in [3.8, 4) is 11.1 Å². The lowest BCUT2D eigenvalue weighted by atomic mass is 9.79. The minimum absolute atomic E-state index is 0.132. The van der Waals surface area contributed by atoms with E-state index in [1.807, 2.05) is 11.0 Å². The van der Waals surface area contributed by atoms with E-state index in [-0.39, 0.29) is 11.5 Å². The van der Waals surface area contributed by atoms with Crippen molar-refractivity contribution in [2.75, 3.05) is 26.2 Å². The van der Waals surface area contributed by atoms with Crippen molar-refractivity contribution in [3.63, 3.8) is 0 Å². The van der Waals surface area contributed by atoms with Gasteiger partial charge >= 0.3 is 0 Å². The Morgan fingerprint density at radius 2 is 1.70 bits per heavy atom. The van der Waals surface area contributed by atoms with Gasteiger partial charge in [0.25, 0.3) is 5.56 Å². The first-order valence-electron chi connectivity index (χ1n) is 12.3. The molecule has 170 valence electrons. The number of carbonyl (C=O) groups excluding carboxylic acids is 1. The summed E-state index contributed by atoms with van der Waals surface area (Å²) in [7, 11) is 0. The normalized spacial score (nSPS) is 23.5. The molecule has 0 radical (unpaired) electrons. The Balaban J connectivity index is 1.34. The molecule has 0 aliphatic carbocycles. The minimum Gasteiger partial charge on any atom is -0.343 e. The highest BCUT2D eigenvalue weighted by molar-refractivity contribution is 5.87. The van der Waals surface area contributed by atoms with E-state index in [4.69, 9.17) is 0 Å². The van der Waals surface area contributed by atoms with E-state index in [9.17, 15) is 9.59 Å². The number of hydrogen-bond donors (Lipinski definition) is 0. The Kier molecular flexibility index (Phi) is 5.10. The van der Waals surface area contributed by atoms with Gasteiger partial charge in [-0.25, -0.2) is 0 Å². The van der Waals surface area contributed by atoms with E-state index in [1.54, 1.807) is 13.0 Å². The molecule has 4 heterocycles. The number of amides is 1. The highest BCUT2D eigenvalue weighted by Gasteiger charge is 2.39. The summed E-state index contributed by atoms with van der Waals surface area (Å²) in [6.07, 6.45) is 3.27. The first-order chi connectivity index (χ1) is 16.1. The topological polar surface area (TPSA) is 45.6 Å². The molecule has 3 aliphatic rings. The van der Waals surface area contributed by atoms with Crippen molar-refractivity contribution in [1.29, 1.82) is 0 Å². The van der Waals surface area contributed by atoms with Gasteiger partial charge in [0, 0.05) is 68.9 Å². The Bertz CT molecular complexity index is 1270. The molecule has 0 spiro atoms. The van der Waals surface area contributed by atoms with E-state index in [2.05, 4.69) is 51.9 Å². The van der Waals surface area contributed by atoms with Crippen LogP contribution in [-0.4, -0.2) is 52.5 Å². The first-order valence-corrected chi connectivity index (χ1v) is 12.3. The van der Waals surface area contributed by atoms with Crippen LogP contribution in [0, 0.1) is 5.92 Å². The number of piperidine rings is 2. The molecule has 1 amide bonds. The Labute approximate surface area is 194 Å². The second-order valence-corrected chi connectivity index (χ2v) is 10.1. The van der Waals surface area contributed by atoms with Gasteiger partial charge in [0.2, 0.25) is 5.91 Å². The van der Waals surface area contributed by atoms with Crippen LogP contribution in [-0.2, 0) is 11.3 Å². The van der Waals surface area contributed by atoms with Crippen LogP contribution in [0.15, 0.2) is 59.4 Å². The lowest BCUT2D eigenvalue weighted by Gasteiger charge is -2.48. The highest BCUT2D eigenvalue weighted by Crippen LogP contribution is 2.41. The van der Waals surface area contributed by atoms with Crippen LogP contribution in [0.5, 0.6) is 0 Å². The molecule has 33 heavy (non-hydrogen) atoms. The number of nitrogens with zero attached hydrogens (tertiary/aromatic N) is 3. The second-order valence-electron chi connectivity index (χ2n) is 10.1. The van der Waals surface area contributed by atoms with Crippen molar-refractivity contribution in [3.05, 3.63) is 70.6 Å². The van der Waals surface area contributed by atoms with Crippen LogP contribution in [0.1, 0.15) is 37.8 Å². The zero-order valence-electron chi connectivity index (χ0n) is 19.2. The third kappa shape index (κ3) is 3.68. The Hall–Kier alpha value is -2.92. The highest BCUT2D eigenvalue weighted by atomic mass is 16.2. The first kappa shape index (κ1) is 20.7. The number of rotatable bonds is 2. The SMILES string of the molecule is CC(=O)N1CCC(N2CC3CC(C2)c2c(-c4ccc5ccccc5c4)ccc(=O)n2C3)CC1. The lowest BCUT2D eigenvalue weighted by molar-refractivity contribution is -0.130. The van der Waals surface area contributed by atoms with Crippen LogP contribution in [0.3, 0.4) is 0 Å². The molecule has 2 atom stereocenters. The largest absolute Gasteiger partial charge is 0.343 e. The maximum absolute atomic E-state index is 12.9. The van der Waals surface area contributed by atoms with E-state index >= 15 is 0 Å². The number of fused-ring (bicyclic) bond motifs is 5. The molecule has 0 N–H and O–H groups in total. The van der Waals surface area contributed by atoms with Crippen molar-refractivity contribution in [1.82, 2.24) is 14.4 Å². The monoisotopic (exact) mass is 441 g/mol. The zero-order valence-corrected chi connectivity index (χ0v) is 19.2. The average Bonchev–Trinajstić information content (AvgIpc) is 2.84. The number of pyridine rings is 1. The van der Waals surface area contributed by atoms with Gasteiger partial charge in [-0.05, 0) is 53.6 Å². The van der Waals surface area contributed by atoms with Gasteiger partial charge in [0.15, 0.2) is 0 Å². The van der Waals surface area contributed by atoms with Crippen LogP contribution in [0.4, 0.5) is 0 Å². The number of benzene rings is 2. The quantitative estimate of drug-likeness (QED) is 0.602. The standard InChI is InChI=1S/C28H31N3O2/c1-19(32)29-12-10-25(11-13-29)30-16-20-14-24(18-30)28-26(8-9-27(33)31(28)17-20)23-7-6-21-4-2-3-5-22(21)15-23/h2-9,15,20,24-25H,10-14,16-18H2,1H3. The predicted molar refractivity (Wildman–Crippen MR) is 131 cm³/mol. The predicted octanol–water partition coefficient (Wildman–Crippen LogP) is 4.10. The summed E-state index contributed by atoms with van der Waals surface area (Å²) < 4.78 is 2.07. The summed E-state index contributed by atoms with van der Waals surface area (Å²) in [5.41, 5.74) is 3.76. The van der Waals surface area contributed by atoms with E-state index in [0.717, 1.165) is 52.0 Å². The summed E-state index contributed by atoms with van der Waals surface area (Å²) in [6.45, 7) is 6.29. The maximum atomic E-state index is 12.9. The van der Waals surface area contributed by atoms with E-state index in [1.165, 1.54) is 27.6 Å². The minimum atomic E-state index is 0.132. The van der Waals surface area contributed by atoms with Crippen LogP contribution in [0.25, 0.3) is 21.9 Å². The molecule has 2 unspecified atom stereocenters. The number of hydrogen-bond acceptors (Lipinski definition) is 3. The fraction of sp³-hybridized carbons (Fsp3) is 0.429. The molecule has 5 heteroatoms. The fourth-order valence-electron chi connectivity index (χ4n) is 6.50. The van der Waals surface area contributed by atoms with Crippen LogP contribution in [0.2, 0.25) is 0 Å².